The number of aromatic nitrogens is 4. The Labute approximate surface area is 121 Å². The molecule has 0 spiro atoms. The molecule has 0 radical (unpaired) electrons. The molecule has 2 heterocycles. The zero-order chi connectivity index (χ0) is 14.4. The third-order valence-corrected chi connectivity index (χ3v) is 3.26. The van der Waals surface area contributed by atoms with Gasteiger partial charge in [-0.15, -0.1) is 0 Å². The van der Waals surface area contributed by atoms with Crippen molar-refractivity contribution in [3.8, 4) is 11.4 Å². The minimum absolute atomic E-state index is 0.0161. The molecule has 7 nitrogen and oxygen atoms in total. The van der Waals surface area contributed by atoms with Gasteiger partial charge in [0.05, 0.1) is 10.7 Å². The maximum atomic E-state index is 11.7. The first-order chi connectivity index (χ1) is 9.45. The molecule has 9 heteroatoms. The van der Waals surface area contributed by atoms with Crippen LogP contribution in [0.15, 0.2) is 16.9 Å². The summed E-state index contributed by atoms with van der Waals surface area (Å²) in [5.74, 6) is 0.322. The fraction of sp³-hybridized carbons (Fsp3) is 0. The largest absolute Gasteiger partial charge is 0.397 e. The Morgan fingerprint density at radius 2 is 1.85 bits per heavy atom. The lowest BCUT2D eigenvalue weighted by Crippen LogP contribution is -2.10. The molecule has 3 rings (SSSR count). The Kier molecular flexibility index (Phi) is 2.81. The molecule has 0 saturated heterocycles. The average molecular weight is 311 g/mol. The second kappa shape index (κ2) is 4.39. The number of aromatic amines is 2. The van der Waals surface area contributed by atoms with Crippen molar-refractivity contribution in [2.45, 2.75) is 0 Å². The molecule has 0 aliphatic rings. The molecule has 3 aromatic rings. The van der Waals surface area contributed by atoms with E-state index in [4.69, 9.17) is 34.7 Å². The predicted molar refractivity (Wildman–Crippen MR) is 78.8 cm³/mol. The van der Waals surface area contributed by atoms with Gasteiger partial charge in [0.2, 0.25) is 5.95 Å². The van der Waals surface area contributed by atoms with Crippen LogP contribution in [0.4, 0.5) is 11.6 Å². The van der Waals surface area contributed by atoms with Gasteiger partial charge in [0.1, 0.15) is 5.82 Å². The van der Waals surface area contributed by atoms with E-state index in [0.29, 0.717) is 27.1 Å². The summed E-state index contributed by atoms with van der Waals surface area (Å²) in [4.78, 5) is 25.1. The average Bonchev–Trinajstić information content (AvgIpc) is 2.77. The lowest BCUT2D eigenvalue weighted by atomic mass is 10.1. The number of imidazole rings is 1. The molecule has 6 N–H and O–H groups in total. The van der Waals surface area contributed by atoms with Gasteiger partial charge in [-0.3, -0.25) is 9.78 Å². The molecule has 0 aliphatic heterocycles. The number of benzene rings is 1. The van der Waals surface area contributed by atoms with Crippen LogP contribution in [-0.2, 0) is 0 Å². The highest BCUT2D eigenvalue weighted by molar-refractivity contribution is 6.37. The lowest BCUT2D eigenvalue weighted by molar-refractivity contribution is 1.17. The number of H-pyrrole nitrogens is 2. The minimum atomic E-state index is -0.419. The van der Waals surface area contributed by atoms with Crippen molar-refractivity contribution in [2.24, 2.45) is 0 Å². The monoisotopic (exact) mass is 310 g/mol. The number of nitrogen functional groups attached to an aromatic ring is 2. The molecule has 0 bridgehead atoms. The molecule has 0 amide bonds. The Morgan fingerprint density at radius 3 is 2.60 bits per heavy atom. The van der Waals surface area contributed by atoms with Crippen molar-refractivity contribution in [2.75, 3.05) is 11.5 Å². The molecule has 2 aromatic heterocycles. The Hall–Kier alpha value is -2.25. The molecule has 0 atom stereocenters. The zero-order valence-electron chi connectivity index (χ0n) is 9.87. The molecule has 1 aromatic carbocycles. The van der Waals surface area contributed by atoms with E-state index in [-0.39, 0.29) is 17.1 Å². The summed E-state index contributed by atoms with van der Waals surface area (Å²) >= 11 is 11.9. The highest BCUT2D eigenvalue weighted by Crippen LogP contribution is 2.33. The Bertz CT molecular complexity index is 884. The highest BCUT2D eigenvalue weighted by Gasteiger charge is 2.14. The third kappa shape index (κ3) is 1.97. The van der Waals surface area contributed by atoms with Crippen molar-refractivity contribution >= 4 is 46.0 Å². The maximum Gasteiger partial charge on any atom is 0.278 e. The first kappa shape index (κ1) is 12.8. The van der Waals surface area contributed by atoms with E-state index in [9.17, 15) is 4.79 Å². The van der Waals surface area contributed by atoms with Gasteiger partial charge in [-0.1, -0.05) is 23.2 Å². The smallest absolute Gasteiger partial charge is 0.278 e. The van der Waals surface area contributed by atoms with Crippen LogP contribution < -0.4 is 17.0 Å². The second-order valence-corrected chi connectivity index (χ2v) is 4.93. The topological polar surface area (TPSA) is 126 Å². The number of nitrogens with zero attached hydrogens (tertiary/aromatic N) is 2. The summed E-state index contributed by atoms with van der Waals surface area (Å²) in [6, 6.07) is 3.12. The van der Waals surface area contributed by atoms with E-state index in [1.807, 2.05) is 0 Å². The summed E-state index contributed by atoms with van der Waals surface area (Å²) in [7, 11) is 0. The number of nitrogens with one attached hydrogen (secondary N) is 2. The van der Waals surface area contributed by atoms with Gasteiger partial charge < -0.3 is 16.5 Å². The lowest BCUT2D eigenvalue weighted by Gasteiger charge is -2.05. The summed E-state index contributed by atoms with van der Waals surface area (Å²) in [5, 5.41) is 0.704. The predicted octanol–water partition coefficient (Wildman–Crippen LogP) is 1.78. The zero-order valence-corrected chi connectivity index (χ0v) is 11.4. The summed E-state index contributed by atoms with van der Waals surface area (Å²) in [5.41, 5.74) is 12.1. The van der Waals surface area contributed by atoms with E-state index >= 15 is 0 Å². The fourth-order valence-electron chi connectivity index (χ4n) is 1.83. The molecular formula is C11H8Cl2N6O. The van der Waals surface area contributed by atoms with Crippen LogP contribution in [0.2, 0.25) is 10.0 Å². The van der Waals surface area contributed by atoms with Gasteiger partial charge in [0.25, 0.3) is 5.56 Å². The molecule has 102 valence electrons. The number of hydrogen-bond donors (Lipinski definition) is 4. The van der Waals surface area contributed by atoms with Gasteiger partial charge in [-0.25, -0.2) is 4.98 Å². The van der Waals surface area contributed by atoms with Gasteiger partial charge in [-0.05, 0) is 12.1 Å². The Balaban J connectivity index is 2.31. The number of rotatable bonds is 1. The first-order valence-electron chi connectivity index (χ1n) is 5.46. The first-order valence-corrected chi connectivity index (χ1v) is 6.21. The summed E-state index contributed by atoms with van der Waals surface area (Å²) in [6.07, 6.45) is 0. The van der Waals surface area contributed by atoms with Crippen molar-refractivity contribution in [1.29, 1.82) is 0 Å². The number of nitrogens with two attached hydrogens (primary N) is 2. The molecule has 0 unspecified atom stereocenters. The van der Waals surface area contributed by atoms with Gasteiger partial charge in [-0.2, -0.15) is 4.98 Å². The number of hydrogen-bond acceptors (Lipinski definition) is 5. The van der Waals surface area contributed by atoms with E-state index in [1.54, 1.807) is 6.07 Å². The fourth-order valence-corrected chi connectivity index (χ4v) is 2.33. The van der Waals surface area contributed by atoms with Crippen LogP contribution in [0.1, 0.15) is 0 Å². The third-order valence-electron chi connectivity index (χ3n) is 2.73. The standard InChI is InChI=1S/C11H8Cl2N6O/c12-3-1-4(6(14)5(13)2-3)8-16-7-9(17-8)18-11(15)19-10(7)20/h1-2H,14H2,(H4,15,16,17,18,19,20). The van der Waals surface area contributed by atoms with Crippen LogP contribution in [0.5, 0.6) is 0 Å². The van der Waals surface area contributed by atoms with Crippen molar-refractivity contribution in [3.05, 3.63) is 32.5 Å². The normalized spacial score (nSPS) is 11.1. The van der Waals surface area contributed by atoms with E-state index < -0.39 is 5.56 Å². The van der Waals surface area contributed by atoms with Crippen LogP contribution in [-0.4, -0.2) is 19.9 Å². The molecule has 0 aliphatic carbocycles. The van der Waals surface area contributed by atoms with Crippen LogP contribution >= 0.6 is 23.2 Å². The van der Waals surface area contributed by atoms with Gasteiger partial charge in [0.15, 0.2) is 11.2 Å². The van der Waals surface area contributed by atoms with Crippen LogP contribution in [0.3, 0.4) is 0 Å². The quantitative estimate of drug-likeness (QED) is 0.510. The summed E-state index contributed by atoms with van der Waals surface area (Å²) in [6.45, 7) is 0. The van der Waals surface area contributed by atoms with Crippen molar-refractivity contribution < 1.29 is 0 Å². The second-order valence-electron chi connectivity index (χ2n) is 4.08. The van der Waals surface area contributed by atoms with Crippen LogP contribution in [0.25, 0.3) is 22.6 Å². The summed E-state index contributed by atoms with van der Waals surface area (Å²) < 4.78 is 0. The van der Waals surface area contributed by atoms with Gasteiger partial charge >= 0.3 is 0 Å². The minimum Gasteiger partial charge on any atom is -0.397 e. The van der Waals surface area contributed by atoms with E-state index in [2.05, 4.69) is 19.9 Å². The Morgan fingerprint density at radius 1 is 1.10 bits per heavy atom. The SMILES string of the molecule is Nc1nc2nc(-c3cc(Cl)cc(Cl)c3N)[nH]c2c(=O)[nH]1. The maximum absolute atomic E-state index is 11.7. The molecule has 0 fully saturated rings. The van der Waals surface area contributed by atoms with Crippen molar-refractivity contribution in [3.63, 3.8) is 0 Å². The molecule has 0 saturated carbocycles. The van der Waals surface area contributed by atoms with Crippen LogP contribution in [0, 0.1) is 0 Å². The number of halogens is 2. The van der Waals surface area contributed by atoms with Gasteiger partial charge in [0, 0.05) is 10.6 Å². The number of anilines is 2. The number of fused-ring (bicyclic) bond motifs is 1. The highest BCUT2D eigenvalue weighted by atomic mass is 35.5. The van der Waals surface area contributed by atoms with E-state index in [1.165, 1.54) is 6.07 Å². The molecular weight excluding hydrogens is 303 g/mol. The van der Waals surface area contributed by atoms with Crippen molar-refractivity contribution in [1.82, 2.24) is 19.9 Å². The van der Waals surface area contributed by atoms with E-state index in [0.717, 1.165) is 0 Å². The molecule has 20 heavy (non-hydrogen) atoms.